The van der Waals surface area contributed by atoms with E-state index in [4.69, 9.17) is 0 Å². The highest BCUT2D eigenvalue weighted by Gasteiger charge is 2.22. The summed E-state index contributed by atoms with van der Waals surface area (Å²) in [6.07, 6.45) is 6.11. The normalized spacial score (nSPS) is 16.2. The first kappa shape index (κ1) is 14.4. The van der Waals surface area contributed by atoms with Gasteiger partial charge in [-0.3, -0.25) is 4.79 Å². The van der Waals surface area contributed by atoms with Crippen LogP contribution in [0, 0.1) is 0 Å². The smallest absolute Gasteiger partial charge is 0.233 e. The molecule has 21 heavy (non-hydrogen) atoms. The summed E-state index contributed by atoms with van der Waals surface area (Å²) in [6, 6.07) is 8.37. The number of fused-ring (bicyclic) bond motifs is 1. The molecular weight excluding hydrogens is 282 g/mol. The summed E-state index contributed by atoms with van der Waals surface area (Å²) in [5.41, 5.74) is 1.97. The van der Waals surface area contributed by atoms with Gasteiger partial charge in [-0.05, 0) is 25.0 Å². The van der Waals surface area contributed by atoms with Gasteiger partial charge >= 0.3 is 0 Å². The number of thioether (sulfide) groups is 1. The molecule has 0 bridgehead atoms. The third-order valence-corrected chi connectivity index (χ3v) is 5.07. The highest BCUT2D eigenvalue weighted by Crippen LogP contribution is 2.23. The molecule has 5 heteroatoms. The monoisotopic (exact) mass is 303 g/mol. The first-order valence-corrected chi connectivity index (χ1v) is 8.56. The number of hydrogen-bond acceptors (Lipinski definition) is 3. The van der Waals surface area contributed by atoms with E-state index in [0.717, 1.165) is 29.0 Å². The maximum Gasteiger partial charge on any atom is 0.233 e. The number of imidazole rings is 1. The Morgan fingerprint density at radius 1 is 1.33 bits per heavy atom. The van der Waals surface area contributed by atoms with Gasteiger partial charge in [-0.1, -0.05) is 43.2 Å². The van der Waals surface area contributed by atoms with Gasteiger partial charge in [-0.25, -0.2) is 4.98 Å². The minimum Gasteiger partial charge on any atom is -0.342 e. The van der Waals surface area contributed by atoms with E-state index in [1.165, 1.54) is 31.0 Å². The van der Waals surface area contributed by atoms with Crippen molar-refractivity contribution in [2.45, 2.75) is 43.3 Å². The lowest BCUT2D eigenvalue weighted by molar-refractivity contribution is -0.129. The van der Waals surface area contributed by atoms with Gasteiger partial charge in [0, 0.05) is 13.1 Å². The van der Waals surface area contributed by atoms with Crippen molar-refractivity contribution < 1.29 is 4.79 Å². The number of aromatic amines is 1. The van der Waals surface area contributed by atoms with Gasteiger partial charge in [-0.15, -0.1) is 0 Å². The molecule has 1 saturated carbocycles. The molecule has 1 fully saturated rings. The van der Waals surface area contributed by atoms with E-state index in [9.17, 15) is 4.79 Å². The average molecular weight is 303 g/mol. The maximum absolute atomic E-state index is 12.3. The van der Waals surface area contributed by atoms with E-state index >= 15 is 0 Å². The number of para-hydroxylation sites is 2. The molecule has 0 saturated heterocycles. The Bertz CT molecular complexity index is 586. The molecule has 0 aliphatic heterocycles. The van der Waals surface area contributed by atoms with Gasteiger partial charge in [0.2, 0.25) is 5.91 Å². The molecule has 0 unspecified atom stereocenters. The minimum absolute atomic E-state index is 0.201. The number of benzene rings is 1. The Morgan fingerprint density at radius 3 is 2.86 bits per heavy atom. The second-order valence-electron chi connectivity index (χ2n) is 5.64. The predicted octanol–water partition coefficient (Wildman–Crippen LogP) is 3.45. The lowest BCUT2D eigenvalue weighted by atomic mass is 9.94. The summed E-state index contributed by atoms with van der Waals surface area (Å²) < 4.78 is 0. The second kappa shape index (κ2) is 6.52. The number of aromatic nitrogens is 2. The van der Waals surface area contributed by atoms with Crippen molar-refractivity contribution >= 4 is 28.7 Å². The van der Waals surface area contributed by atoms with Crippen LogP contribution >= 0.6 is 11.8 Å². The van der Waals surface area contributed by atoms with Crippen molar-refractivity contribution in [1.29, 1.82) is 0 Å². The zero-order valence-corrected chi connectivity index (χ0v) is 13.2. The van der Waals surface area contributed by atoms with Gasteiger partial charge in [-0.2, -0.15) is 0 Å². The first-order chi connectivity index (χ1) is 10.2. The van der Waals surface area contributed by atoms with E-state index < -0.39 is 0 Å². The van der Waals surface area contributed by atoms with Crippen LogP contribution in [0.1, 0.15) is 32.1 Å². The van der Waals surface area contributed by atoms with Gasteiger partial charge in [0.1, 0.15) is 0 Å². The largest absolute Gasteiger partial charge is 0.342 e. The summed E-state index contributed by atoms with van der Waals surface area (Å²) >= 11 is 1.49. The number of nitrogens with zero attached hydrogens (tertiary/aromatic N) is 2. The number of carbonyl (C=O) groups is 1. The van der Waals surface area contributed by atoms with Crippen molar-refractivity contribution in [2.24, 2.45) is 0 Å². The summed E-state index contributed by atoms with van der Waals surface area (Å²) in [5.74, 6) is 0.652. The van der Waals surface area contributed by atoms with E-state index in [-0.39, 0.29) is 5.91 Å². The number of H-pyrrole nitrogens is 1. The molecule has 2 aromatic rings. The van der Waals surface area contributed by atoms with Crippen molar-refractivity contribution in [1.82, 2.24) is 14.9 Å². The third kappa shape index (κ3) is 3.40. The van der Waals surface area contributed by atoms with Gasteiger partial charge < -0.3 is 9.88 Å². The first-order valence-electron chi connectivity index (χ1n) is 7.57. The molecule has 1 N–H and O–H groups in total. The second-order valence-corrected chi connectivity index (χ2v) is 6.61. The van der Waals surface area contributed by atoms with Crippen LogP contribution in [0.3, 0.4) is 0 Å². The average Bonchev–Trinajstić information content (AvgIpc) is 2.95. The zero-order chi connectivity index (χ0) is 14.7. The molecule has 112 valence electrons. The molecular formula is C16H21N3OS. The number of amides is 1. The Hall–Kier alpha value is -1.49. The van der Waals surface area contributed by atoms with Crippen LogP contribution in [0.4, 0.5) is 0 Å². The Kier molecular flexibility index (Phi) is 4.48. The molecule has 1 amide bonds. The van der Waals surface area contributed by atoms with Gasteiger partial charge in [0.25, 0.3) is 0 Å². The fourth-order valence-electron chi connectivity index (χ4n) is 2.90. The highest BCUT2D eigenvalue weighted by atomic mass is 32.2. The molecule has 0 spiro atoms. The Morgan fingerprint density at radius 2 is 2.10 bits per heavy atom. The van der Waals surface area contributed by atoms with Crippen molar-refractivity contribution in [3.8, 4) is 0 Å². The predicted molar refractivity (Wildman–Crippen MR) is 86.5 cm³/mol. The van der Waals surface area contributed by atoms with Crippen LogP contribution in [0.5, 0.6) is 0 Å². The van der Waals surface area contributed by atoms with Crippen LogP contribution in [-0.2, 0) is 4.79 Å². The standard InChI is InChI=1S/C16H21N3OS/c1-19(12-7-3-2-4-8-12)15(20)11-21-16-17-13-9-5-6-10-14(13)18-16/h5-6,9-10,12H,2-4,7-8,11H2,1H3,(H,17,18). The topological polar surface area (TPSA) is 49.0 Å². The van der Waals surface area contributed by atoms with Crippen molar-refractivity contribution in [3.05, 3.63) is 24.3 Å². The number of hydrogen-bond donors (Lipinski definition) is 1. The highest BCUT2D eigenvalue weighted by molar-refractivity contribution is 7.99. The fourth-order valence-corrected chi connectivity index (χ4v) is 3.71. The van der Waals surface area contributed by atoms with Crippen LogP contribution < -0.4 is 0 Å². The number of carbonyl (C=O) groups excluding carboxylic acids is 1. The quantitative estimate of drug-likeness (QED) is 0.880. The summed E-state index contributed by atoms with van der Waals surface area (Å²) in [5, 5.41) is 0.821. The Labute approximate surface area is 129 Å². The lowest BCUT2D eigenvalue weighted by Gasteiger charge is -2.31. The van der Waals surface area contributed by atoms with Crippen molar-refractivity contribution in [2.75, 3.05) is 12.8 Å². The summed E-state index contributed by atoms with van der Waals surface area (Å²) in [7, 11) is 1.94. The SMILES string of the molecule is CN(C(=O)CSc1nc2ccccc2[nH]1)C1CCCCC1. The third-order valence-electron chi connectivity index (χ3n) is 4.22. The van der Waals surface area contributed by atoms with E-state index in [1.807, 2.05) is 36.2 Å². The van der Waals surface area contributed by atoms with Crippen LogP contribution in [0.15, 0.2) is 29.4 Å². The molecule has 1 aliphatic carbocycles. The lowest BCUT2D eigenvalue weighted by Crippen LogP contribution is -2.39. The van der Waals surface area contributed by atoms with E-state index in [0.29, 0.717) is 11.8 Å². The van der Waals surface area contributed by atoms with Gasteiger partial charge in [0.15, 0.2) is 5.16 Å². The minimum atomic E-state index is 0.201. The van der Waals surface area contributed by atoms with Crippen LogP contribution in [-0.4, -0.2) is 39.6 Å². The summed E-state index contributed by atoms with van der Waals surface area (Å²) in [4.78, 5) is 22.0. The van der Waals surface area contributed by atoms with Crippen LogP contribution in [0.2, 0.25) is 0 Å². The number of nitrogens with one attached hydrogen (secondary N) is 1. The maximum atomic E-state index is 12.3. The Balaban J connectivity index is 1.57. The molecule has 0 atom stereocenters. The molecule has 1 aromatic carbocycles. The molecule has 1 heterocycles. The van der Waals surface area contributed by atoms with Crippen molar-refractivity contribution in [3.63, 3.8) is 0 Å². The number of rotatable bonds is 4. The molecule has 0 radical (unpaired) electrons. The molecule has 1 aromatic heterocycles. The van der Waals surface area contributed by atoms with E-state index in [2.05, 4.69) is 9.97 Å². The van der Waals surface area contributed by atoms with Gasteiger partial charge in [0.05, 0.1) is 16.8 Å². The van der Waals surface area contributed by atoms with Crippen LogP contribution in [0.25, 0.3) is 11.0 Å². The fraction of sp³-hybridized carbons (Fsp3) is 0.500. The molecule has 1 aliphatic rings. The van der Waals surface area contributed by atoms with E-state index in [1.54, 1.807) is 0 Å². The zero-order valence-electron chi connectivity index (χ0n) is 12.3. The molecule has 4 nitrogen and oxygen atoms in total. The summed E-state index contributed by atoms with van der Waals surface area (Å²) in [6.45, 7) is 0. The molecule has 3 rings (SSSR count).